The van der Waals surface area contributed by atoms with Crippen LogP contribution in [0.15, 0.2) is 47.5 Å². The minimum absolute atomic E-state index is 0.137. The fourth-order valence-corrected chi connectivity index (χ4v) is 6.74. The first-order chi connectivity index (χ1) is 17.3. The predicted octanol–water partition coefficient (Wildman–Crippen LogP) is 1.54. The second kappa shape index (κ2) is 12.3. The fourth-order valence-electron chi connectivity index (χ4n) is 5.03. The largest absolute Gasteiger partial charge is 0.390 e. The Morgan fingerprint density at radius 3 is 2.75 bits per heavy atom. The number of amides is 1. The van der Waals surface area contributed by atoms with Crippen molar-refractivity contribution < 1.29 is 23.1 Å². The quantitative estimate of drug-likeness (QED) is 0.406. The van der Waals surface area contributed by atoms with E-state index in [2.05, 4.69) is 22.5 Å². The van der Waals surface area contributed by atoms with Crippen molar-refractivity contribution in [2.75, 3.05) is 33.3 Å². The van der Waals surface area contributed by atoms with Crippen molar-refractivity contribution >= 4 is 22.3 Å². The Morgan fingerprint density at radius 2 is 2.11 bits per heavy atom. The molecular weight excluding hydrogens is 480 g/mol. The Balaban J connectivity index is 1.50. The van der Waals surface area contributed by atoms with Crippen LogP contribution in [0, 0.1) is 5.92 Å². The molecule has 5 atom stereocenters. The summed E-state index contributed by atoms with van der Waals surface area (Å²) in [6.07, 6.45) is 8.69. The lowest BCUT2D eigenvalue weighted by atomic mass is 9.99. The summed E-state index contributed by atoms with van der Waals surface area (Å²) in [4.78, 5) is 18.8. The third-order valence-electron chi connectivity index (χ3n) is 7.07. The van der Waals surface area contributed by atoms with Crippen LogP contribution in [0.1, 0.15) is 37.7 Å². The van der Waals surface area contributed by atoms with Gasteiger partial charge < -0.3 is 20.1 Å². The monoisotopic (exact) mass is 518 g/mol. The van der Waals surface area contributed by atoms with E-state index in [1.54, 1.807) is 11.9 Å². The Morgan fingerprint density at radius 1 is 1.31 bits per heavy atom. The van der Waals surface area contributed by atoms with Crippen LogP contribution < -0.4 is 5.32 Å². The molecule has 1 fully saturated rings. The van der Waals surface area contributed by atoms with Crippen molar-refractivity contribution in [3.05, 3.63) is 48.0 Å². The second-order valence-corrected chi connectivity index (χ2v) is 12.1. The molecule has 2 heterocycles. The second-order valence-electron chi connectivity index (χ2n) is 10.1. The molecule has 2 N–H and O–H groups in total. The first-order valence-electron chi connectivity index (χ1n) is 12.8. The van der Waals surface area contributed by atoms with Gasteiger partial charge in [0.25, 0.3) is 0 Å². The number of allylic oxidation sites excluding steroid dienone is 2. The zero-order valence-electron chi connectivity index (χ0n) is 20.9. The number of aliphatic hydroxyl groups excluding tert-OH is 1. The molecule has 4 rings (SSSR count). The van der Waals surface area contributed by atoms with E-state index in [1.165, 1.54) is 10.6 Å². The molecule has 1 aromatic rings. The number of nitrogens with one attached hydrogen (secondary N) is 1. The number of hydrogen-bond donors (Lipinski definition) is 2. The maximum atomic E-state index is 13.6. The number of rotatable bonds is 12. The Labute approximate surface area is 214 Å². The van der Waals surface area contributed by atoms with Crippen LogP contribution in [-0.4, -0.2) is 91.9 Å². The maximum Gasteiger partial charge on any atom is 0.239 e. The Bertz CT molecular complexity index is 1030. The summed E-state index contributed by atoms with van der Waals surface area (Å²) >= 11 is 0. The zero-order valence-corrected chi connectivity index (χ0v) is 21.7. The molecule has 1 aliphatic carbocycles. The first-order valence-corrected chi connectivity index (χ1v) is 14.3. The van der Waals surface area contributed by atoms with Crippen molar-refractivity contribution in [3.63, 3.8) is 0 Å². The number of carbonyl (C=O) groups excluding carboxylic acids is 1. The molecule has 1 saturated heterocycles. The lowest BCUT2D eigenvalue weighted by Gasteiger charge is -2.32. The lowest BCUT2D eigenvalue weighted by molar-refractivity contribution is -0.123. The Kier molecular flexibility index (Phi) is 9.16. The van der Waals surface area contributed by atoms with Crippen LogP contribution in [0.5, 0.6) is 0 Å². The minimum atomic E-state index is -3.84. The topological polar surface area (TPSA) is 112 Å². The summed E-state index contributed by atoms with van der Waals surface area (Å²) in [6, 6.07) is 8.97. The van der Waals surface area contributed by atoms with Gasteiger partial charge in [0, 0.05) is 33.2 Å². The normalized spacial score (nSPS) is 25.5. The smallest absolute Gasteiger partial charge is 0.239 e. The molecule has 36 heavy (non-hydrogen) atoms. The maximum absolute atomic E-state index is 13.6. The standard InChI is InChI=1S/C26H38N4O5S/c1-29-18-26(27-19-29)36(33,34)30(16-22-12-7-13-35-22)17-24(31)23(14-20-8-3-2-4-9-20)28-25(32)15-21-10-5-6-11-21/h2-5,8-10,19,21-24,26,31H,6-7,11-18H2,1H3,(H,28,32). The number of aliphatic hydroxyl groups is 1. The summed E-state index contributed by atoms with van der Waals surface area (Å²) in [5.41, 5.74) is 0.957. The minimum Gasteiger partial charge on any atom is -0.390 e. The molecule has 198 valence electrons. The third-order valence-corrected chi connectivity index (χ3v) is 9.05. The molecule has 0 bridgehead atoms. The highest BCUT2D eigenvalue weighted by Crippen LogP contribution is 2.23. The third kappa shape index (κ3) is 7.15. The van der Waals surface area contributed by atoms with E-state index in [9.17, 15) is 18.3 Å². The van der Waals surface area contributed by atoms with Crippen LogP contribution in [0.3, 0.4) is 0 Å². The summed E-state index contributed by atoms with van der Waals surface area (Å²) in [5, 5.41) is 13.4. The van der Waals surface area contributed by atoms with Gasteiger partial charge in [-0.3, -0.25) is 9.79 Å². The van der Waals surface area contributed by atoms with E-state index in [0.29, 0.717) is 19.4 Å². The van der Waals surface area contributed by atoms with E-state index in [0.717, 1.165) is 31.2 Å². The molecule has 0 radical (unpaired) electrons. The molecule has 9 nitrogen and oxygen atoms in total. The summed E-state index contributed by atoms with van der Waals surface area (Å²) in [6.45, 7) is 0.889. The van der Waals surface area contributed by atoms with E-state index in [-0.39, 0.29) is 37.6 Å². The van der Waals surface area contributed by atoms with Crippen LogP contribution in [0.25, 0.3) is 0 Å². The number of ether oxygens (including phenoxy) is 1. The number of aliphatic imine (C=N–C) groups is 1. The van der Waals surface area contributed by atoms with Crippen molar-refractivity contribution in [3.8, 4) is 0 Å². The van der Waals surface area contributed by atoms with Gasteiger partial charge >= 0.3 is 0 Å². The number of likely N-dealkylation sites (N-methyl/N-ethyl adjacent to an activating group) is 1. The average Bonchev–Trinajstić information content (AvgIpc) is 3.63. The molecule has 0 aromatic heterocycles. The number of carbonyl (C=O) groups is 1. The molecule has 0 spiro atoms. The van der Waals surface area contributed by atoms with Crippen molar-refractivity contribution in [2.24, 2.45) is 10.9 Å². The number of sulfonamides is 1. The SMILES string of the molecule is CN1C=NC(S(=O)(=O)N(CC2CCCO2)CC(O)C(Cc2ccccc2)NC(=O)CC2C=CCC2)C1. The number of benzene rings is 1. The summed E-state index contributed by atoms with van der Waals surface area (Å²) in [7, 11) is -2.06. The van der Waals surface area contributed by atoms with Gasteiger partial charge in [-0.05, 0) is 43.6 Å². The van der Waals surface area contributed by atoms with E-state index < -0.39 is 27.5 Å². The van der Waals surface area contributed by atoms with E-state index in [4.69, 9.17) is 4.74 Å². The first kappa shape index (κ1) is 26.8. The van der Waals surface area contributed by atoms with Gasteiger partial charge in [-0.2, -0.15) is 4.31 Å². The highest BCUT2D eigenvalue weighted by molar-refractivity contribution is 7.89. The molecular formula is C26H38N4O5S. The fraction of sp³-hybridized carbons (Fsp3) is 0.615. The van der Waals surface area contributed by atoms with Crippen LogP contribution in [-0.2, 0) is 26.0 Å². The van der Waals surface area contributed by atoms with Gasteiger partial charge in [-0.1, -0.05) is 42.5 Å². The van der Waals surface area contributed by atoms with Crippen LogP contribution >= 0.6 is 0 Å². The molecule has 1 aromatic carbocycles. The van der Waals surface area contributed by atoms with E-state index >= 15 is 0 Å². The van der Waals surface area contributed by atoms with Gasteiger partial charge in [-0.25, -0.2) is 8.42 Å². The van der Waals surface area contributed by atoms with Gasteiger partial charge in [0.1, 0.15) is 0 Å². The number of nitrogens with zero attached hydrogens (tertiary/aromatic N) is 3. The van der Waals surface area contributed by atoms with E-state index in [1.807, 2.05) is 30.3 Å². The average molecular weight is 519 g/mol. The zero-order chi connectivity index (χ0) is 25.5. The molecule has 0 saturated carbocycles. The highest BCUT2D eigenvalue weighted by atomic mass is 32.2. The summed E-state index contributed by atoms with van der Waals surface area (Å²) in [5.74, 6) is 0.0650. The predicted molar refractivity (Wildman–Crippen MR) is 139 cm³/mol. The van der Waals surface area contributed by atoms with Gasteiger partial charge in [0.05, 0.1) is 31.1 Å². The van der Waals surface area contributed by atoms with Crippen LogP contribution in [0.4, 0.5) is 0 Å². The van der Waals surface area contributed by atoms with Crippen molar-refractivity contribution in [2.45, 2.75) is 62.1 Å². The van der Waals surface area contributed by atoms with Crippen LogP contribution in [0.2, 0.25) is 0 Å². The Hall–Kier alpha value is -2.27. The van der Waals surface area contributed by atoms with Gasteiger partial charge in [-0.15, -0.1) is 0 Å². The molecule has 10 heteroatoms. The molecule has 3 aliphatic rings. The molecule has 2 aliphatic heterocycles. The highest BCUT2D eigenvalue weighted by Gasteiger charge is 2.38. The van der Waals surface area contributed by atoms with Gasteiger partial charge in [0.2, 0.25) is 15.9 Å². The summed E-state index contributed by atoms with van der Waals surface area (Å²) < 4.78 is 34.2. The molecule has 5 unspecified atom stereocenters. The van der Waals surface area contributed by atoms with Crippen molar-refractivity contribution in [1.82, 2.24) is 14.5 Å². The lowest BCUT2D eigenvalue weighted by Crippen LogP contribution is -2.53. The van der Waals surface area contributed by atoms with Gasteiger partial charge in [0.15, 0.2) is 5.37 Å². The van der Waals surface area contributed by atoms with Crippen molar-refractivity contribution in [1.29, 1.82) is 0 Å². The number of hydrogen-bond acceptors (Lipinski definition) is 7. The molecule has 1 amide bonds.